The van der Waals surface area contributed by atoms with E-state index in [1.54, 1.807) is 6.92 Å². The van der Waals surface area contributed by atoms with Gasteiger partial charge in [0.05, 0.1) is 12.6 Å². The zero-order valence-corrected chi connectivity index (χ0v) is 10.1. The summed E-state index contributed by atoms with van der Waals surface area (Å²) in [5.41, 5.74) is 0. The van der Waals surface area contributed by atoms with E-state index in [1.165, 1.54) is 6.42 Å². The van der Waals surface area contributed by atoms with Gasteiger partial charge >= 0.3 is 0 Å². The summed E-state index contributed by atoms with van der Waals surface area (Å²) in [6.07, 6.45) is 1.82. The second-order valence-electron chi connectivity index (χ2n) is 4.94. The number of aliphatic hydroxyl groups excluding tert-OH is 1. The fourth-order valence-electron chi connectivity index (χ4n) is 1.93. The number of rotatable bonds is 6. The fourth-order valence-corrected chi connectivity index (χ4v) is 1.93. The van der Waals surface area contributed by atoms with Crippen molar-refractivity contribution in [2.75, 3.05) is 6.54 Å². The summed E-state index contributed by atoms with van der Waals surface area (Å²) in [4.78, 5) is 0. The van der Waals surface area contributed by atoms with Gasteiger partial charge in [0, 0.05) is 5.92 Å². The van der Waals surface area contributed by atoms with Crippen molar-refractivity contribution in [3.63, 3.8) is 0 Å². The molecule has 3 unspecified atom stereocenters. The Bertz CT molecular complexity index is 332. The number of nitrogens with one attached hydrogen (secondary N) is 1. The first-order valence-corrected chi connectivity index (χ1v) is 6.14. The Morgan fingerprint density at radius 1 is 1.56 bits per heavy atom. The zero-order chi connectivity index (χ0) is 11.5. The lowest BCUT2D eigenvalue weighted by atomic mass is 10.3. The molecule has 0 bridgehead atoms. The highest BCUT2D eigenvalue weighted by atomic mass is 16.3. The highest BCUT2D eigenvalue weighted by molar-refractivity contribution is 5.17. The van der Waals surface area contributed by atoms with Crippen LogP contribution in [0.2, 0.25) is 0 Å². The van der Waals surface area contributed by atoms with E-state index >= 15 is 0 Å². The molecule has 3 nitrogen and oxygen atoms in total. The van der Waals surface area contributed by atoms with E-state index in [1.807, 2.05) is 0 Å². The van der Waals surface area contributed by atoms with E-state index in [0.717, 1.165) is 36.9 Å². The second-order valence-corrected chi connectivity index (χ2v) is 4.94. The summed E-state index contributed by atoms with van der Waals surface area (Å²) in [5.74, 6) is 3.59. The summed E-state index contributed by atoms with van der Waals surface area (Å²) in [6.45, 7) is 5.65. The minimum Gasteiger partial charge on any atom is -0.464 e. The van der Waals surface area contributed by atoms with Crippen LogP contribution in [0.1, 0.15) is 44.1 Å². The first-order chi connectivity index (χ1) is 7.66. The van der Waals surface area contributed by atoms with E-state index < -0.39 is 0 Å². The first kappa shape index (κ1) is 11.7. The van der Waals surface area contributed by atoms with Gasteiger partial charge in [0.25, 0.3) is 0 Å². The van der Waals surface area contributed by atoms with E-state index in [4.69, 9.17) is 9.52 Å². The molecule has 0 amide bonds. The predicted molar refractivity (Wildman–Crippen MR) is 63.2 cm³/mol. The van der Waals surface area contributed by atoms with Crippen molar-refractivity contribution in [2.24, 2.45) is 5.92 Å². The molecule has 0 radical (unpaired) electrons. The molecule has 3 heteroatoms. The normalized spacial score (nSPS) is 25.7. The van der Waals surface area contributed by atoms with Gasteiger partial charge in [0.2, 0.25) is 0 Å². The van der Waals surface area contributed by atoms with Gasteiger partial charge in [-0.1, -0.05) is 6.92 Å². The Hall–Kier alpha value is -0.800. The molecule has 16 heavy (non-hydrogen) atoms. The lowest BCUT2D eigenvalue weighted by Gasteiger charge is -2.04. The highest BCUT2D eigenvalue weighted by Gasteiger charge is 2.36. The molecule has 0 spiro atoms. The summed E-state index contributed by atoms with van der Waals surface area (Å²) < 4.78 is 5.76. The minimum absolute atomic E-state index is 0.230. The van der Waals surface area contributed by atoms with E-state index in [0.29, 0.717) is 5.92 Å². The summed E-state index contributed by atoms with van der Waals surface area (Å²) >= 11 is 0. The Morgan fingerprint density at radius 2 is 2.31 bits per heavy atom. The lowest BCUT2D eigenvalue weighted by Crippen LogP contribution is -2.18. The van der Waals surface area contributed by atoms with Crippen molar-refractivity contribution in [3.05, 3.63) is 23.7 Å². The van der Waals surface area contributed by atoms with E-state index in [2.05, 4.69) is 24.4 Å². The highest BCUT2D eigenvalue weighted by Crippen LogP contribution is 2.47. The Balaban J connectivity index is 1.71. The smallest absolute Gasteiger partial charge is 0.117 e. The van der Waals surface area contributed by atoms with Gasteiger partial charge in [0.15, 0.2) is 0 Å². The maximum absolute atomic E-state index is 9.10. The molecule has 1 heterocycles. The molecule has 0 aromatic carbocycles. The third kappa shape index (κ3) is 3.09. The molecule has 0 aliphatic heterocycles. The van der Waals surface area contributed by atoms with Crippen LogP contribution in [0.4, 0.5) is 0 Å². The van der Waals surface area contributed by atoms with Gasteiger partial charge in [-0.25, -0.2) is 0 Å². The number of hydrogen-bond acceptors (Lipinski definition) is 3. The van der Waals surface area contributed by atoms with Crippen molar-refractivity contribution in [1.29, 1.82) is 0 Å². The molecular formula is C13H21NO2. The summed E-state index contributed by atoms with van der Waals surface area (Å²) in [6, 6.07) is 4.15. The second kappa shape index (κ2) is 5.02. The van der Waals surface area contributed by atoms with Gasteiger partial charge in [-0.3, -0.25) is 0 Å². The minimum atomic E-state index is -0.230. The summed E-state index contributed by atoms with van der Waals surface area (Å²) in [5, 5.41) is 12.4. The average molecular weight is 223 g/mol. The molecule has 2 N–H and O–H groups in total. The van der Waals surface area contributed by atoms with Crippen molar-refractivity contribution >= 4 is 0 Å². The van der Waals surface area contributed by atoms with Crippen LogP contribution in [-0.2, 0) is 6.54 Å². The lowest BCUT2D eigenvalue weighted by molar-refractivity contribution is 0.183. The Morgan fingerprint density at radius 3 is 2.94 bits per heavy atom. The van der Waals surface area contributed by atoms with Gasteiger partial charge in [-0.2, -0.15) is 0 Å². The molecule has 0 saturated heterocycles. The van der Waals surface area contributed by atoms with Crippen molar-refractivity contribution < 1.29 is 9.52 Å². The Kier molecular flexibility index (Phi) is 3.66. The molecule has 1 fully saturated rings. The molecule has 1 saturated carbocycles. The Labute approximate surface area is 96.8 Å². The largest absolute Gasteiger partial charge is 0.464 e. The zero-order valence-electron chi connectivity index (χ0n) is 10.1. The number of furan rings is 1. The predicted octanol–water partition coefficient (Wildman–Crippen LogP) is 2.26. The third-order valence-corrected chi connectivity index (χ3v) is 3.20. The molecule has 1 aliphatic rings. The van der Waals surface area contributed by atoms with Crippen molar-refractivity contribution in [2.45, 2.75) is 45.3 Å². The van der Waals surface area contributed by atoms with Gasteiger partial charge in [-0.05, 0) is 44.4 Å². The molecule has 1 aromatic heterocycles. The standard InChI is InChI=1S/C13H21NO2/c1-9-7-12(9)13-4-3-11(16-13)8-14-6-5-10(2)15/h3-4,9-10,12,14-15H,5-8H2,1-2H3. The van der Waals surface area contributed by atoms with Gasteiger partial charge in [0.1, 0.15) is 11.5 Å². The van der Waals surface area contributed by atoms with Crippen LogP contribution in [0.5, 0.6) is 0 Å². The number of hydrogen-bond donors (Lipinski definition) is 2. The van der Waals surface area contributed by atoms with Gasteiger partial charge < -0.3 is 14.8 Å². The average Bonchev–Trinajstić information content (AvgIpc) is 2.79. The van der Waals surface area contributed by atoms with E-state index in [9.17, 15) is 0 Å². The van der Waals surface area contributed by atoms with Crippen LogP contribution < -0.4 is 5.32 Å². The SMILES string of the molecule is CC(O)CCNCc1ccc(C2CC2C)o1. The van der Waals surface area contributed by atoms with E-state index in [-0.39, 0.29) is 6.10 Å². The summed E-state index contributed by atoms with van der Waals surface area (Å²) in [7, 11) is 0. The molecule has 90 valence electrons. The third-order valence-electron chi connectivity index (χ3n) is 3.20. The monoisotopic (exact) mass is 223 g/mol. The molecule has 1 aliphatic carbocycles. The first-order valence-electron chi connectivity index (χ1n) is 6.14. The van der Waals surface area contributed by atoms with Crippen molar-refractivity contribution in [3.8, 4) is 0 Å². The molecule has 1 aromatic rings. The maximum Gasteiger partial charge on any atom is 0.117 e. The van der Waals surface area contributed by atoms with Crippen LogP contribution in [0.15, 0.2) is 16.5 Å². The molecule has 2 rings (SSSR count). The fraction of sp³-hybridized carbons (Fsp3) is 0.692. The quantitative estimate of drug-likeness (QED) is 0.727. The van der Waals surface area contributed by atoms with Gasteiger partial charge in [-0.15, -0.1) is 0 Å². The molecular weight excluding hydrogens is 202 g/mol. The van der Waals surface area contributed by atoms with Crippen LogP contribution in [-0.4, -0.2) is 17.8 Å². The number of aliphatic hydroxyl groups is 1. The van der Waals surface area contributed by atoms with Crippen LogP contribution in [0.25, 0.3) is 0 Å². The van der Waals surface area contributed by atoms with Crippen LogP contribution in [0.3, 0.4) is 0 Å². The van der Waals surface area contributed by atoms with Crippen LogP contribution in [0, 0.1) is 5.92 Å². The topological polar surface area (TPSA) is 45.4 Å². The maximum atomic E-state index is 9.10. The van der Waals surface area contributed by atoms with Crippen molar-refractivity contribution in [1.82, 2.24) is 5.32 Å². The van der Waals surface area contributed by atoms with Crippen LogP contribution >= 0.6 is 0 Å². The molecule has 3 atom stereocenters.